The molecule has 0 saturated heterocycles. The number of halogens is 2. The van der Waals surface area contributed by atoms with Crippen molar-refractivity contribution in [3.8, 4) is 11.5 Å². The van der Waals surface area contributed by atoms with Gasteiger partial charge in [0.2, 0.25) is 0 Å². The van der Waals surface area contributed by atoms with Crippen LogP contribution in [-0.4, -0.2) is 25.7 Å². The predicted molar refractivity (Wildman–Crippen MR) is 122 cm³/mol. The largest absolute Gasteiger partial charge is 0.493 e. The Balaban J connectivity index is 1.85. The fourth-order valence-electron chi connectivity index (χ4n) is 3.26. The first-order chi connectivity index (χ1) is 15.3. The molecule has 1 unspecified atom stereocenters. The Morgan fingerprint density at radius 3 is 2.56 bits per heavy atom. The minimum Gasteiger partial charge on any atom is -0.493 e. The third-order valence-corrected chi connectivity index (χ3v) is 5.56. The predicted octanol–water partition coefficient (Wildman–Crippen LogP) is 5.16. The van der Waals surface area contributed by atoms with E-state index in [1.165, 1.54) is 7.11 Å². The lowest BCUT2D eigenvalue weighted by molar-refractivity contribution is -0.139. The van der Waals surface area contributed by atoms with Gasteiger partial charge in [-0.25, -0.2) is 9.59 Å². The molecule has 3 rings (SSSR count). The second kappa shape index (κ2) is 10.6. The van der Waals surface area contributed by atoms with Crippen molar-refractivity contribution in [3.63, 3.8) is 0 Å². The highest BCUT2D eigenvalue weighted by atomic mass is 35.5. The van der Waals surface area contributed by atoms with Crippen LogP contribution in [0, 0.1) is 0 Å². The molecule has 7 nitrogen and oxygen atoms in total. The van der Waals surface area contributed by atoms with Crippen molar-refractivity contribution in [3.05, 3.63) is 68.8 Å². The molecule has 0 aliphatic carbocycles. The summed E-state index contributed by atoms with van der Waals surface area (Å²) in [5.41, 5.74) is 2.28. The molecule has 2 amide bonds. The SMILES string of the molecule is CCCOC(=O)C1=C(C)NC(=O)NC1c1ccc(OCc2ccc(Cl)c(Cl)c2)c(OC)c1. The molecule has 1 heterocycles. The van der Waals surface area contributed by atoms with Crippen molar-refractivity contribution in [2.45, 2.75) is 32.9 Å². The third kappa shape index (κ3) is 5.47. The molecular weight excluding hydrogens is 455 g/mol. The fraction of sp³-hybridized carbons (Fsp3) is 0.304. The molecule has 0 aromatic heterocycles. The summed E-state index contributed by atoms with van der Waals surface area (Å²) in [7, 11) is 1.52. The van der Waals surface area contributed by atoms with Crippen LogP contribution in [0.1, 0.15) is 37.4 Å². The molecule has 0 spiro atoms. The number of hydrogen-bond donors (Lipinski definition) is 2. The highest BCUT2D eigenvalue weighted by molar-refractivity contribution is 6.42. The van der Waals surface area contributed by atoms with Crippen molar-refractivity contribution >= 4 is 35.2 Å². The quantitative estimate of drug-likeness (QED) is 0.511. The Labute approximate surface area is 196 Å². The number of benzene rings is 2. The summed E-state index contributed by atoms with van der Waals surface area (Å²) in [5, 5.41) is 6.32. The Hall–Kier alpha value is -2.90. The van der Waals surface area contributed by atoms with Gasteiger partial charge in [0.05, 0.1) is 35.4 Å². The maximum atomic E-state index is 12.6. The maximum Gasteiger partial charge on any atom is 0.338 e. The van der Waals surface area contributed by atoms with Gasteiger partial charge in [0, 0.05) is 5.70 Å². The van der Waals surface area contributed by atoms with E-state index in [9.17, 15) is 9.59 Å². The number of carbonyl (C=O) groups excluding carboxylic acids is 2. The summed E-state index contributed by atoms with van der Waals surface area (Å²) in [6, 6.07) is 9.38. The number of hydrogen-bond acceptors (Lipinski definition) is 5. The van der Waals surface area contributed by atoms with Gasteiger partial charge >= 0.3 is 12.0 Å². The van der Waals surface area contributed by atoms with Crippen molar-refractivity contribution < 1.29 is 23.8 Å². The number of esters is 1. The Kier molecular flexibility index (Phi) is 7.88. The summed E-state index contributed by atoms with van der Waals surface area (Å²) >= 11 is 12.0. The van der Waals surface area contributed by atoms with E-state index in [0.717, 1.165) is 5.56 Å². The number of allylic oxidation sites excluding steroid dienone is 1. The molecule has 0 radical (unpaired) electrons. The zero-order valence-electron chi connectivity index (χ0n) is 18.0. The van der Waals surface area contributed by atoms with Crippen molar-refractivity contribution in [1.29, 1.82) is 0 Å². The minimum atomic E-state index is -0.689. The van der Waals surface area contributed by atoms with Crippen LogP contribution in [0.2, 0.25) is 10.0 Å². The molecule has 2 N–H and O–H groups in total. The molecule has 0 fully saturated rings. The van der Waals surface area contributed by atoms with Crippen LogP contribution in [0.15, 0.2) is 47.7 Å². The lowest BCUT2D eigenvalue weighted by Gasteiger charge is -2.28. The highest BCUT2D eigenvalue weighted by Gasteiger charge is 2.32. The molecule has 0 bridgehead atoms. The number of rotatable bonds is 8. The minimum absolute atomic E-state index is 0.254. The van der Waals surface area contributed by atoms with Gasteiger partial charge in [-0.3, -0.25) is 0 Å². The molecular formula is C23H24Cl2N2O5. The molecule has 1 aliphatic rings. The number of methoxy groups -OCH3 is 1. The van der Waals surface area contributed by atoms with E-state index >= 15 is 0 Å². The van der Waals surface area contributed by atoms with E-state index in [4.69, 9.17) is 37.4 Å². The smallest absolute Gasteiger partial charge is 0.338 e. The topological polar surface area (TPSA) is 85.9 Å². The average Bonchev–Trinajstić information content (AvgIpc) is 2.77. The first-order valence-corrected chi connectivity index (χ1v) is 10.8. The molecule has 2 aromatic rings. The maximum absolute atomic E-state index is 12.6. The zero-order valence-corrected chi connectivity index (χ0v) is 19.5. The fourth-order valence-corrected chi connectivity index (χ4v) is 3.58. The van der Waals surface area contributed by atoms with Crippen molar-refractivity contribution in [1.82, 2.24) is 10.6 Å². The number of amides is 2. The second-order valence-corrected chi connectivity index (χ2v) is 7.97. The van der Waals surface area contributed by atoms with Gasteiger partial charge in [0.15, 0.2) is 11.5 Å². The average molecular weight is 479 g/mol. The molecule has 1 atom stereocenters. The van der Waals surface area contributed by atoms with Gasteiger partial charge in [-0.15, -0.1) is 0 Å². The van der Waals surface area contributed by atoms with E-state index in [0.29, 0.717) is 51.4 Å². The van der Waals surface area contributed by atoms with E-state index in [-0.39, 0.29) is 6.61 Å². The Morgan fingerprint density at radius 2 is 1.88 bits per heavy atom. The Bertz CT molecular complexity index is 1050. The van der Waals surface area contributed by atoms with E-state index < -0.39 is 18.0 Å². The van der Waals surface area contributed by atoms with Crippen LogP contribution >= 0.6 is 23.2 Å². The monoisotopic (exact) mass is 478 g/mol. The van der Waals surface area contributed by atoms with Crippen molar-refractivity contribution in [2.24, 2.45) is 0 Å². The normalized spacial score (nSPS) is 15.7. The molecule has 2 aromatic carbocycles. The van der Waals surface area contributed by atoms with E-state index in [1.54, 1.807) is 37.3 Å². The van der Waals surface area contributed by atoms with Crippen LogP contribution in [-0.2, 0) is 16.1 Å². The van der Waals surface area contributed by atoms with Crippen LogP contribution in [0.25, 0.3) is 0 Å². The van der Waals surface area contributed by atoms with Crippen LogP contribution in [0.5, 0.6) is 11.5 Å². The number of nitrogens with one attached hydrogen (secondary N) is 2. The molecule has 170 valence electrons. The standard InChI is InChI=1S/C23H24Cl2N2O5/c1-4-9-31-22(28)20-13(2)26-23(29)27-21(20)15-6-8-18(19(11-15)30-3)32-12-14-5-7-16(24)17(25)10-14/h5-8,10-11,21H,4,9,12H2,1-3H3,(H2,26,27,29). The third-order valence-electron chi connectivity index (χ3n) is 4.83. The molecule has 32 heavy (non-hydrogen) atoms. The van der Waals surface area contributed by atoms with E-state index in [1.807, 2.05) is 13.0 Å². The highest BCUT2D eigenvalue weighted by Crippen LogP contribution is 2.35. The summed E-state index contributed by atoms with van der Waals surface area (Å²) < 4.78 is 16.7. The summed E-state index contributed by atoms with van der Waals surface area (Å²) in [5.74, 6) is 0.466. The van der Waals surface area contributed by atoms with E-state index in [2.05, 4.69) is 10.6 Å². The lowest BCUT2D eigenvalue weighted by Crippen LogP contribution is -2.45. The number of urea groups is 1. The van der Waals surface area contributed by atoms with Crippen molar-refractivity contribution in [2.75, 3.05) is 13.7 Å². The van der Waals surface area contributed by atoms with Gasteiger partial charge in [-0.1, -0.05) is 42.3 Å². The van der Waals surface area contributed by atoms with Crippen LogP contribution in [0.4, 0.5) is 4.79 Å². The van der Waals surface area contributed by atoms with Crippen LogP contribution < -0.4 is 20.1 Å². The molecule has 0 saturated carbocycles. The molecule has 1 aliphatic heterocycles. The summed E-state index contributed by atoms with van der Waals surface area (Å²) in [6.45, 7) is 4.13. The first-order valence-electron chi connectivity index (χ1n) is 10.0. The number of ether oxygens (including phenoxy) is 3. The lowest BCUT2D eigenvalue weighted by atomic mass is 9.95. The van der Waals surface area contributed by atoms with Gasteiger partial charge < -0.3 is 24.8 Å². The summed E-state index contributed by atoms with van der Waals surface area (Å²) in [6.07, 6.45) is 0.696. The van der Waals surface area contributed by atoms with Gasteiger partial charge in [-0.05, 0) is 48.7 Å². The first kappa shape index (κ1) is 23.8. The molecule has 9 heteroatoms. The Morgan fingerprint density at radius 1 is 1.09 bits per heavy atom. The van der Waals surface area contributed by atoms with Gasteiger partial charge in [0.1, 0.15) is 6.61 Å². The van der Waals surface area contributed by atoms with Gasteiger partial charge in [0.25, 0.3) is 0 Å². The summed E-state index contributed by atoms with van der Waals surface area (Å²) in [4.78, 5) is 24.7. The second-order valence-electron chi connectivity index (χ2n) is 7.15. The number of carbonyl (C=O) groups is 2. The van der Waals surface area contributed by atoms with Crippen LogP contribution in [0.3, 0.4) is 0 Å². The zero-order chi connectivity index (χ0) is 23.3. The van der Waals surface area contributed by atoms with Gasteiger partial charge in [-0.2, -0.15) is 0 Å².